The average Bonchev–Trinajstić information content (AvgIpc) is 2.33. The highest BCUT2D eigenvalue weighted by Gasteiger charge is 2.24. The second kappa shape index (κ2) is 5.61. The lowest BCUT2D eigenvalue weighted by Crippen LogP contribution is -2.47. The van der Waals surface area contributed by atoms with E-state index >= 15 is 0 Å². The van der Waals surface area contributed by atoms with Gasteiger partial charge >= 0.3 is 0 Å². The second-order valence-electron chi connectivity index (χ2n) is 5.60. The fourth-order valence-electron chi connectivity index (χ4n) is 2.63. The molecule has 0 aliphatic carbocycles. The van der Waals surface area contributed by atoms with Gasteiger partial charge < -0.3 is 16.0 Å². The molecule has 1 saturated heterocycles. The molecule has 1 heterocycles. The van der Waals surface area contributed by atoms with Gasteiger partial charge in [-0.1, -0.05) is 0 Å². The number of amides is 1. The maximum atomic E-state index is 12.3. The molecule has 0 aromatic heterocycles. The molecule has 0 spiro atoms. The number of carbonyl (C=O) groups is 1. The van der Waals surface area contributed by atoms with E-state index < -0.39 is 0 Å². The normalized spacial score (nSPS) is 24.2. The number of rotatable bonds is 2. The van der Waals surface area contributed by atoms with Crippen molar-refractivity contribution in [3.8, 4) is 0 Å². The molecule has 104 valence electrons. The Kier molecular flexibility index (Phi) is 4.10. The van der Waals surface area contributed by atoms with Crippen LogP contribution in [-0.4, -0.2) is 36.5 Å². The Balaban J connectivity index is 2.01. The van der Waals surface area contributed by atoms with Crippen LogP contribution < -0.4 is 11.1 Å². The first-order valence-corrected chi connectivity index (χ1v) is 6.84. The van der Waals surface area contributed by atoms with E-state index in [1.807, 2.05) is 13.0 Å². The molecule has 1 aliphatic heterocycles. The predicted molar refractivity (Wildman–Crippen MR) is 78.2 cm³/mol. The lowest BCUT2D eigenvalue weighted by molar-refractivity contribution is 0.0896. The van der Waals surface area contributed by atoms with Gasteiger partial charge in [0.1, 0.15) is 0 Å². The van der Waals surface area contributed by atoms with Gasteiger partial charge in [0.05, 0.1) is 0 Å². The number of anilines is 1. The third-order valence-electron chi connectivity index (χ3n) is 4.04. The molecule has 1 aliphatic rings. The number of piperidine rings is 1. The number of nitrogens with two attached hydrogens (primary N) is 1. The van der Waals surface area contributed by atoms with Crippen LogP contribution >= 0.6 is 0 Å². The zero-order valence-corrected chi connectivity index (χ0v) is 11.9. The number of hydrogen-bond donors (Lipinski definition) is 2. The second-order valence-corrected chi connectivity index (χ2v) is 5.60. The Morgan fingerprint density at radius 1 is 1.47 bits per heavy atom. The minimum atomic E-state index is 0.0132. The van der Waals surface area contributed by atoms with Crippen LogP contribution in [-0.2, 0) is 0 Å². The Morgan fingerprint density at radius 2 is 2.21 bits per heavy atom. The van der Waals surface area contributed by atoms with E-state index in [1.54, 1.807) is 12.1 Å². The molecular formula is C15H23N3O. The van der Waals surface area contributed by atoms with Crippen LogP contribution in [0.5, 0.6) is 0 Å². The molecule has 3 N–H and O–H groups in total. The van der Waals surface area contributed by atoms with Crippen molar-refractivity contribution < 1.29 is 4.79 Å². The smallest absolute Gasteiger partial charge is 0.251 e. The first-order chi connectivity index (χ1) is 8.97. The molecule has 1 aromatic rings. The van der Waals surface area contributed by atoms with Crippen molar-refractivity contribution in [1.82, 2.24) is 10.2 Å². The predicted octanol–water partition coefficient (Wildman–Crippen LogP) is 1.79. The summed E-state index contributed by atoms with van der Waals surface area (Å²) in [4.78, 5) is 14.6. The van der Waals surface area contributed by atoms with Gasteiger partial charge in [-0.25, -0.2) is 0 Å². The number of carbonyl (C=O) groups excluding carboxylic acids is 1. The summed E-state index contributed by atoms with van der Waals surface area (Å²) >= 11 is 0. The number of nitrogens with zero attached hydrogens (tertiary/aromatic N) is 1. The molecule has 2 rings (SSSR count). The maximum absolute atomic E-state index is 12.3. The van der Waals surface area contributed by atoms with Crippen molar-refractivity contribution in [2.45, 2.75) is 38.8 Å². The van der Waals surface area contributed by atoms with Gasteiger partial charge in [-0.2, -0.15) is 0 Å². The topological polar surface area (TPSA) is 58.4 Å². The van der Waals surface area contributed by atoms with E-state index in [2.05, 4.69) is 24.2 Å². The molecule has 1 fully saturated rings. The number of likely N-dealkylation sites (tertiary alicyclic amines) is 1. The summed E-state index contributed by atoms with van der Waals surface area (Å²) in [5.41, 5.74) is 8.06. The van der Waals surface area contributed by atoms with Crippen molar-refractivity contribution in [1.29, 1.82) is 0 Å². The van der Waals surface area contributed by atoms with Crippen molar-refractivity contribution in [2.24, 2.45) is 0 Å². The molecule has 0 bridgehead atoms. The Bertz CT molecular complexity index is 472. The monoisotopic (exact) mass is 261 g/mol. The van der Waals surface area contributed by atoms with Crippen molar-refractivity contribution in [3.63, 3.8) is 0 Å². The lowest BCUT2D eigenvalue weighted by Gasteiger charge is -2.35. The molecule has 1 amide bonds. The van der Waals surface area contributed by atoms with E-state index in [-0.39, 0.29) is 11.9 Å². The molecule has 4 nitrogen and oxygen atoms in total. The van der Waals surface area contributed by atoms with Crippen molar-refractivity contribution >= 4 is 11.6 Å². The highest BCUT2D eigenvalue weighted by atomic mass is 16.1. The summed E-state index contributed by atoms with van der Waals surface area (Å²) in [5.74, 6) is 0.0132. The third-order valence-corrected chi connectivity index (χ3v) is 4.04. The molecule has 0 radical (unpaired) electrons. The molecule has 1 aromatic carbocycles. The quantitative estimate of drug-likeness (QED) is 0.798. The van der Waals surface area contributed by atoms with E-state index in [4.69, 9.17) is 5.73 Å². The van der Waals surface area contributed by atoms with Gasteiger partial charge in [-0.15, -0.1) is 0 Å². The van der Waals surface area contributed by atoms with Gasteiger partial charge in [-0.05, 0) is 57.5 Å². The van der Waals surface area contributed by atoms with Crippen LogP contribution in [0.2, 0.25) is 0 Å². The highest BCUT2D eigenvalue weighted by Crippen LogP contribution is 2.17. The first kappa shape index (κ1) is 13.9. The van der Waals surface area contributed by atoms with E-state index in [0.717, 1.165) is 30.5 Å². The SMILES string of the molecule is Cc1cc(N)ccc1C(=O)NC1CCN(C)C(C)C1. The van der Waals surface area contributed by atoms with Crippen molar-refractivity contribution in [2.75, 3.05) is 19.3 Å². The number of benzene rings is 1. The molecule has 2 atom stereocenters. The number of nitrogens with one attached hydrogen (secondary N) is 1. The molecule has 2 unspecified atom stereocenters. The summed E-state index contributed by atoms with van der Waals surface area (Å²) in [7, 11) is 2.13. The van der Waals surface area contributed by atoms with Crippen LogP contribution in [0.15, 0.2) is 18.2 Å². The van der Waals surface area contributed by atoms with Gasteiger partial charge in [0.15, 0.2) is 0 Å². The summed E-state index contributed by atoms with van der Waals surface area (Å²) < 4.78 is 0. The van der Waals surface area contributed by atoms with Crippen LogP contribution in [0.3, 0.4) is 0 Å². The van der Waals surface area contributed by atoms with Gasteiger partial charge in [-0.3, -0.25) is 4.79 Å². The fourth-order valence-corrected chi connectivity index (χ4v) is 2.63. The summed E-state index contributed by atoms with van der Waals surface area (Å²) in [6.07, 6.45) is 2.02. The number of aryl methyl sites for hydroxylation is 1. The largest absolute Gasteiger partial charge is 0.399 e. The Hall–Kier alpha value is -1.55. The van der Waals surface area contributed by atoms with Crippen LogP contribution in [0, 0.1) is 6.92 Å². The molecular weight excluding hydrogens is 238 g/mol. The van der Waals surface area contributed by atoms with Gasteiger partial charge in [0.25, 0.3) is 5.91 Å². The Morgan fingerprint density at radius 3 is 2.84 bits per heavy atom. The minimum Gasteiger partial charge on any atom is -0.399 e. The summed E-state index contributed by atoms with van der Waals surface area (Å²) in [6, 6.07) is 6.21. The average molecular weight is 261 g/mol. The molecule has 4 heteroatoms. The Labute approximate surface area is 115 Å². The summed E-state index contributed by atoms with van der Waals surface area (Å²) in [6.45, 7) is 5.15. The van der Waals surface area contributed by atoms with E-state index in [1.165, 1.54) is 0 Å². The zero-order valence-electron chi connectivity index (χ0n) is 11.9. The minimum absolute atomic E-state index is 0.0132. The standard InChI is InChI=1S/C15H23N3O/c1-10-8-12(16)4-5-14(10)15(19)17-13-6-7-18(3)11(2)9-13/h4-5,8,11,13H,6-7,9,16H2,1-3H3,(H,17,19). The molecule has 19 heavy (non-hydrogen) atoms. The third kappa shape index (κ3) is 3.26. The summed E-state index contributed by atoms with van der Waals surface area (Å²) in [5, 5.41) is 3.14. The van der Waals surface area contributed by atoms with Gasteiger partial charge in [0.2, 0.25) is 0 Å². The molecule has 0 saturated carbocycles. The first-order valence-electron chi connectivity index (χ1n) is 6.84. The number of nitrogen functional groups attached to an aromatic ring is 1. The highest BCUT2D eigenvalue weighted by molar-refractivity contribution is 5.96. The van der Waals surface area contributed by atoms with Crippen molar-refractivity contribution in [3.05, 3.63) is 29.3 Å². The van der Waals surface area contributed by atoms with Crippen LogP contribution in [0.1, 0.15) is 35.7 Å². The zero-order chi connectivity index (χ0) is 14.0. The van der Waals surface area contributed by atoms with Crippen LogP contribution in [0.4, 0.5) is 5.69 Å². The lowest BCUT2D eigenvalue weighted by atomic mass is 9.98. The van der Waals surface area contributed by atoms with Gasteiger partial charge in [0, 0.05) is 29.9 Å². The van der Waals surface area contributed by atoms with E-state index in [0.29, 0.717) is 11.7 Å². The maximum Gasteiger partial charge on any atom is 0.251 e. The number of hydrogen-bond acceptors (Lipinski definition) is 3. The fraction of sp³-hybridized carbons (Fsp3) is 0.533. The van der Waals surface area contributed by atoms with E-state index in [9.17, 15) is 4.79 Å². The van der Waals surface area contributed by atoms with Crippen LogP contribution in [0.25, 0.3) is 0 Å².